The molecule has 1 heterocycles. The smallest absolute Gasteiger partial charge is 0.269 e. The van der Waals surface area contributed by atoms with Crippen LogP contribution in [0.25, 0.3) is 6.08 Å². The summed E-state index contributed by atoms with van der Waals surface area (Å²) >= 11 is 1.24. The van der Waals surface area contributed by atoms with E-state index in [-0.39, 0.29) is 11.6 Å². The van der Waals surface area contributed by atoms with E-state index in [2.05, 4.69) is 10.3 Å². The largest absolute Gasteiger partial charge is 0.300 e. The maximum absolute atomic E-state index is 12.0. The van der Waals surface area contributed by atoms with E-state index >= 15 is 0 Å². The van der Waals surface area contributed by atoms with Crippen molar-refractivity contribution in [2.45, 2.75) is 6.92 Å². The molecule has 0 aliphatic carbocycles. The van der Waals surface area contributed by atoms with Crippen molar-refractivity contribution in [3.8, 4) is 0 Å². The first-order valence-corrected chi connectivity index (χ1v) is 7.94. The van der Waals surface area contributed by atoms with Crippen LogP contribution in [0.1, 0.15) is 11.1 Å². The van der Waals surface area contributed by atoms with Gasteiger partial charge in [-0.3, -0.25) is 14.9 Å². The maximum Gasteiger partial charge on any atom is 0.269 e. The van der Waals surface area contributed by atoms with Crippen LogP contribution in [0.4, 0.5) is 11.4 Å². The molecule has 3 rings (SSSR count). The zero-order valence-corrected chi connectivity index (χ0v) is 13.5. The van der Waals surface area contributed by atoms with Gasteiger partial charge in [-0.25, -0.2) is 4.99 Å². The van der Waals surface area contributed by atoms with Crippen LogP contribution in [0.5, 0.6) is 0 Å². The number of nitrogens with zero attached hydrogens (tertiary/aromatic N) is 2. The molecule has 120 valence electrons. The number of non-ortho nitro benzene ring substituents is 1. The molecule has 0 spiro atoms. The number of rotatable bonds is 3. The first-order valence-electron chi connectivity index (χ1n) is 7.12. The number of hydrogen-bond donors (Lipinski definition) is 1. The molecule has 0 atom stereocenters. The minimum atomic E-state index is -0.448. The Balaban J connectivity index is 1.84. The normalized spacial score (nSPS) is 17.3. The van der Waals surface area contributed by atoms with E-state index in [4.69, 9.17) is 0 Å². The Morgan fingerprint density at radius 2 is 1.96 bits per heavy atom. The van der Waals surface area contributed by atoms with Gasteiger partial charge in [0.1, 0.15) is 0 Å². The summed E-state index contributed by atoms with van der Waals surface area (Å²) in [4.78, 5) is 27.3. The fourth-order valence-electron chi connectivity index (χ4n) is 2.17. The van der Waals surface area contributed by atoms with E-state index in [1.807, 2.05) is 30.3 Å². The SMILES string of the molecule is Cc1cc([N+](=O)[O-])ccc1N=C1NC(=O)/C(=C\c2ccccc2)S1. The summed E-state index contributed by atoms with van der Waals surface area (Å²) in [5.41, 5.74) is 2.21. The molecule has 24 heavy (non-hydrogen) atoms. The molecule has 2 aromatic rings. The van der Waals surface area contributed by atoms with Gasteiger partial charge in [-0.1, -0.05) is 30.3 Å². The van der Waals surface area contributed by atoms with Crippen LogP contribution in [0.3, 0.4) is 0 Å². The third-order valence-electron chi connectivity index (χ3n) is 3.36. The van der Waals surface area contributed by atoms with Crippen molar-refractivity contribution in [2.24, 2.45) is 4.99 Å². The number of thioether (sulfide) groups is 1. The average molecular weight is 339 g/mol. The Hall–Kier alpha value is -2.93. The first kappa shape index (κ1) is 15.9. The van der Waals surface area contributed by atoms with Crippen LogP contribution < -0.4 is 5.32 Å². The average Bonchev–Trinajstić information content (AvgIpc) is 2.89. The Morgan fingerprint density at radius 1 is 1.21 bits per heavy atom. The minimum Gasteiger partial charge on any atom is -0.300 e. The number of carbonyl (C=O) groups excluding carboxylic acids is 1. The van der Waals surface area contributed by atoms with Gasteiger partial charge < -0.3 is 5.32 Å². The van der Waals surface area contributed by atoms with Crippen LogP contribution in [0.15, 0.2) is 58.4 Å². The number of benzene rings is 2. The van der Waals surface area contributed by atoms with E-state index in [9.17, 15) is 14.9 Å². The minimum absolute atomic E-state index is 0.0178. The zero-order valence-electron chi connectivity index (χ0n) is 12.7. The number of hydrogen-bond acceptors (Lipinski definition) is 5. The van der Waals surface area contributed by atoms with Crippen LogP contribution in [0, 0.1) is 17.0 Å². The highest BCUT2D eigenvalue weighted by Crippen LogP contribution is 2.30. The van der Waals surface area contributed by atoms with Crippen molar-refractivity contribution in [3.63, 3.8) is 0 Å². The van der Waals surface area contributed by atoms with Gasteiger partial charge in [0.25, 0.3) is 11.6 Å². The second-order valence-corrected chi connectivity index (χ2v) is 6.15. The van der Waals surface area contributed by atoms with Gasteiger partial charge in [-0.05, 0) is 42.0 Å². The highest BCUT2D eigenvalue weighted by molar-refractivity contribution is 8.18. The molecule has 0 bridgehead atoms. The van der Waals surface area contributed by atoms with Gasteiger partial charge in [0.05, 0.1) is 15.5 Å². The second kappa shape index (κ2) is 6.67. The van der Waals surface area contributed by atoms with Crippen molar-refractivity contribution in [3.05, 3.63) is 74.7 Å². The van der Waals surface area contributed by atoms with Crippen LogP contribution in [-0.2, 0) is 4.79 Å². The summed E-state index contributed by atoms with van der Waals surface area (Å²) in [6, 6.07) is 14.0. The summed E-state index contributed by atoms with van der Waals surface area (Å²) in [6.07, 6.45) is 1.80. The summed E-state index contributed by atoms with van der Waals surface area (Å²) in [5.74, 6) is -0.206. The number of nitro benzene ring substituents is 1. The Bertz CT molecular complexity index is 876. The molecule has 0 unspecified atom stereocenters. The number of carbonyl (C=O) groups is 1. The molecule has 0 aromatic heterocycles. The number of nitro groups is 1. The lowest BCUT2D eigenvalue weighted by atomic mass is 10.2. The molecule has 1 fully saturated rings. The molecule has 1 amide bonds. The number of aliphatic imine (C=N–C) groups is 1. The summed E-state index contributed by atoms with van der Waals surface area (Å²) in [5, 5.41) is 13.9. The van der Waals surface area contributed by atoms with E-state index < -0.39 is 4.92 Å². The van der Waals surface area contributed by atoms with Crippen LogP contribution >= 0.6 is 11.8 Å². The molecule has 2 aromatic carbocycles. The van der Waals surface area contributed by atoms with E-state index in [0.717, 1.165) is 5.56 Å². The summed E-state index contributed by atoms with van der Waals surface area (Å²) in [7, 11) is 0. The lowest BCUT2D eigenvalue weighted by Gasteiger charge is -2.01. The van der Waals surface area contributed by atoms with Crippen molar-refractivity contribution in [2.75, 3.05) is 0 Å². The Labute approximate surface area is 142 Å². The van der Waals surface area contributed by atoms with Crippen molar-refractivity contribution in [1.82, 2.24) is 5.32 Å². The lowest BCUT2D eigenvalue weighted by molar-refractivity contribution is -0.384. The van der Waals surface area contributed by atoms with Gasteiger partial charge >= 0.3 is 0 Å². The van der Waals surface area contributed by atoms with E-state index in [1.54, 1.807) is 19.1 Å². The predicted molar refractivity (Wildman–Crippen MR) is 95.1 cm³/mol. The molecular weight excluding hydrogens is 326 g/mol. The predicted octanol–water partition coefficient (Wildman–Crippen LogP) is 3.79. The van der Waals surface area contributed by atoms with Crippen molar-refractivity contribution < 1.29 is 9.72 Å². The third-order valence-corrected chi connectivity index (χ3v) is 4.27. The quantitative estimate of drug-likeness (QED) is 0.524. The molecule has 1 aliphatic rings. The van der Waals surface area contributed by atoms with Crippen LogP contribution in [0.2, 0.25) is 0 Å². The third kappa shape index (κ3) is 3.52. The number of nitrogens with one attached hydrogen (secondary N) is 1. The van der Waals surface area contributed by atoms with Crippen molar-refractivity contribution >= 4 is 40.3 Å². The molecule has 1 saturated heterocycles. The maximum atomic E-state index is 12.0. The lowest BCUT2D eigenvalue weighted by Crippen LogP contribution is -2.19. The molecular formula is C17H13N3O3S. The fourth-order valence-corrected chi connectivity index (χ4v) is 3.00. The number of amidine groups is 1. The molecule has 6 nitrogen and oxygen atoms in total. The van der Waals surface area contributed by atoms with Gasteiger partial charge in [-0.15, -0.1) is 0 Å². The van der Waals surface area contributed by atoms with Gasteiger partial charge in [0, 0.05) is 12.1 Å². The summed E-state index contributed by atoms with van der Waals surface area (Å²) < 4.78 is 0. The van der Waals surface area contributed by atoms with Gasteiger partial charge in [0.2, 0.25) is 0 Å². The van der Waals surface area contributed by atoms with E-state index in [1.165, 1.54) is 23.9 Å². The Morgan fingerprint density at radius 3 is 2.62 bits per heavy atom. The second-order valence-electron chi connectivity index (χ2n) is 5.12. The first-order chi connectivity index (χ1) is 11.5. The van der Waals surface area contributed by atoms with Gasteiger partial charge in [-0.2, -0.15) is 0 Å². The standard InChI is InChI=1S/C17H13N3O3S/c1-11-9-13(20(22)23)7-8-14(11)18-17-19-16(21)15(24-17)10-12-5-3-2-4-6-12/h2-10H,1H3,(H,18,19,21)/b15-10+. The van der Waals surface area contributed by atoms with Crippen LogP contribution in [-0.4, -0.2) is 16.0 Å². The molecule has 7 heteroatoms. The fraction of sp³-hybridized carbons (Fsp3) is 0.0588. The number of amides is 1. The van der Waals surface area contributed by atoms with Crippen molar-refractivity contribution in [1.29, 1.82) is 0 Å². The number of aryl methyl sites for hydroxylation is 1. The Kier molecular flexibility index (Phi) is 4.43. The van der Waals surface area contributed by atoms with Gasteiger partial charge in [0.15, 0.2) is 5.17 Å². The topological polar surface area (TPSA) is 84.6 Å². The molecule has 0 saturated carbocycles. The highest BCUT2D eigenvalue weighted by Gasteiger charge is 2.24. The molecule has 1 N–H and O–H groups in total. The zero-order chi connectivity index (χ0) is 17.1. The summed E-state index contributed by atoms with van der Waals surface area (Å²) in [6.45, 7) is 1.74. The monoisotopic (exact) mass is 339 g/mol. The molecule has 1 aliphatic heterocycles. The molecule has 0 radical (unpaired) electrons. The highest BCUT2D eigenvalue weighted by atomic mass is 32.2. The van der Waals surface area contributed by atoms with E-state index in [0.29, 0.717) is 21.3 Å².